The van der Waals surface area contributed by atoms with Crippen LogP contribution < -0.4 is 14.4 Å². The molecule has 4 aromatic rings. The van der Waals surface area contributed by atoms with Crippen LogP contribution in [0.15, 0.2) is 55.1 Å². The molecule has 10 nitrogen and oxygen atoms in total. The van der Waals surface area contributed by atoms with Crippen LogP contribution in [0.25, 0.3) is 16.6 Å². The first-order chi connectivity index (χ1) is 22.5. The van der Waals surface area contributed by atoms with Crippen LogP contribution >= 0.6 is 0 Å². The average Bonchev–Trinajstić information content (AvgIpc) is 3.79. The predicted molar refractivity (Wildman–Crippen MR) is 176 cm³/mol. The molecule has 1 aliphatic carbocycles. The Balaban J connectivity index is 0.975. The minimum Gasteiger partial charge on any atom is -0.489 e. The Morgan fingerprint density at radius 2 is 1.74 bits per heavy atom. The van der Waals surface area contributed by atoms with Crippen LogP contribution in [0.5, 0.6) is 11.6 Å². The molecular weight excluding hydrogens is 576 g/mol. The van der Waals surface area contributed by atoms with Gasteiger partial charge in [-0.05, 0) is 56.9 Å². The first kappa shape index (κ1) is 29.2. The molecule has 0 amide bonds. The van der Waals surface area contributed by atoms with Crippen LogP contribution in [0, 0.1) is 23.2 Å². The maximum absolute atomic E-state index is 9.88. The number of quaternary nitrogens is 1. The number of hydrogen-bond donors (Lipinski definition) is 0. The smallest absolute Gasteiger partial charge is 0.212 e. The van der Waals surface area contributed by atoms with Crippen molar-refractivity contribution in [1.82, 2.24) is 24.5 Å². The Morgan fingerprint density at radius 3 is 2.37 bits per heavy atom. The van der Waals surface area contributed by atoms with Gasteiger partial charge in [-0.25, -0.2) is 14.5 Å². The molecule has 2 bridgehead atoms. The van der Waals surface area contributed by atoms with Crippen molar-refractivity contribution in [3.63, 3.8) is 0 Å². The zero-order valence-electron chi connectivity index (χ0n) is 27.0. The summed E-state index contributed by atoms with van der Waals surface area (Å²) in [4.78, 5) is 14.3. The highest BCUT2D eigenvalue weighted by molar-refractivity contribution is 5.85. The van der Waals surface area contributed by atoms with Crippen molar-refractivity contribution in [2.45, 2.75) is 57.8 Å². The molecule has 9 rings (SSSR count). The minimum absolute atomic E-state index is 0.216. The number of nitrogens with zero attached hydrogens (tertiary/aromatic N) is 8. The van der Waals surface area contributed by atoms with Crippen molar-refractivity contribution in [2.75, 3.05) is 51.3 Å². The number of piperazine rings is 1. The second-order valence-corrected chi connectivity index (χ2v) is 13.9. The molecule has 8 heterocycles. The third-order valence-electron chi connectivity index (χ3n) is 11.5. The van der Waals surface area contributed by atoms with E-state index in [4.69, 9.17) is 14.5 Å². The van der Waals surface area contributed by atoms with Gasteiger partial charge >= 0.3 is 0 Å². The Bertz CT molecular complexity index is 1730. The van der Waals surface area contributed by atoms with Gasteiger partial charge in [0.2, 0.25) is 5.88 Å². The molecule has 238 valence electrons. The van der Waals surface area contributed by atoms with Crippen LogP contribution in [0.4, 0.5) is 5.82 Å². The number of hydrogen-bond acceptors (Lipinski definition) is 8. The van der Waals surface area contributed by atoms with Crippen molar-refractivity contribution in [3.05, 3.63) is 66.2 Å². The van der Waals surface area contributed by atoms with E-state index >= 15 is 0 Å². The molecule has 0 N–H and O–H groups in total. The van der Waals surface area contributed by atoms with Crippen molar-refractivity contribution >= 4 is 11.3 Å². The lowest BCUT2D eigenvalue weighted by Gasteiger charge is -2.56. The van der Waals surface area contributed by atoms with Crippen LogP contribution in [0.3, 0.4) is 0 Å². The summed E-state index contributed by atoms with van der Waals surface area (Å²) in [6, 6.07) is 13.7. The topological polar surface area (TPSA) is 91.8 Å². The van der Waals surface area contributed by atoms with Gasteiger partial charge in [0, 0.05) is 73.1 Å². The molecule has 0 spiro atoms. The molecule has 4 unspecified atom stereocenters. The summed E-state index contributed by atoms with van der Waals surface area (Å²) < 4.78 is 14.9. The maximum atomic E-state index is 9.88. The predicted octanol–water partition coefficient (Wildman–Crippen LogP) is 4.78. The number of piperidine rings is 1. The first-order valence-electron chi connectivity index (χ1n) is 16.9. The Morgan fingerprint density at radius 1 is 0.957 bits per heavy atom. The van der Waals surface area contributed by atoms with E-state index in [9.17, 15) is 5.26 Å². The fourth-order valence-corrected chi connectivity index (χ4v) is 8.87. The van der Waals surface area contributed by atoms with E-state index in [1.165, 1.54) is 42.6 Å². The van der Waals surface area contributed by atoms with Crippen molar-refractivity contribution in [3.8, 4) is 28.8 Å². The summed E-state index contributed by atoms with van der Waals surface area (Å²) in [5, 5.41) is 14.4. The molecule has 10 heteroatoms. The normalized spacial score (nSPS) is 26.5. The Labute approximate surface area is 270 Å². The fraction of sp³-hybridized carbons (Fsp3) is 0.500. The van der Waals surface area contributed by atoms with E-state index in [1.54, 1.807) is 17.8 Å². The lowest BCUT2D eigenvalue weighted by molar-refractivity contribution is -0.916. The maximum Gasteiger partial charge on any atom is 0.212 e. The molecule has 5 aliphatic rings. The largest absolute Gasteiger partial charge is 0.489 e. The lowest BCUT2D eigenvalue weighted by atomic mass is 9.87. The van der Waals surface area contributed by atoms with E-state index in [0.29, 0.717) is 23.5 Å². The van der Waals surface area contributed by atoms with Crippen molar-refractivity contribution in [1.29, 1.82) is 5.26 Å². The average molecular weight is 620 g/mol. The zero-order chi connectivity index (χ0) is 31.4. The van der Waals surface area contributed by atoms with E-state index in [2.05, 4.69) is 64.1 Å². The van der Waals surface area contributed by atoms with Crippen LogP contribution in [0.1, 0.15) is 44.2 Å². The Kier molecular flexibility index (Phi) is 7.34. The number of pyridine rings is 3. The second-order valence-electron chi connectivity index (χ2n) is 13.9. The molecule has 4 aliphatic heterocycles. The third-order valence-corrected chi connectivity index (χ3v) is 11.5. The first-order valence-corrected chi connectivity index (χ1v) is 16.9. The zero-order valence-corrected chi connectivity index (χ0v) is 27.0. The molecule has 4 atom stereocenters. The van der Waals surface area contributed by atoms with Gasteiger partial charge in [-0.1, -0.05) is 6.07 Å². The number of likely N-dealkylation sites (tertiary alicyclic amines) is 1. The van der Waals surface area contributed by atoms with Crippen molar-refractivity contribution < 1.29 is 14.0 Å². The molecule has 4 saturated heterocycles. The van der Waals surface area contributed by atoms with E-state index in [0.717, 1.165) is 72.5 Å². The van der Waals surface area contributed by atoms with Crippen LogP contribution in [-0.4, -0.2) is 93.5 Å². The third kappa shape index (κ3) is 5.06. The number of fused-ring (bicyclic) bond motifs is 4. The van der Waals surface area contributed by atoms with E-state index in [1.807, 2.05) is 24.7 Å². The monoisotopic (exact) mass is 619 g/mol. The van der Waals surface area contributed by atoms with Crippen LogP contribution in [0.2, 0.25) is 0 Å². The number of rotatable bonds is 9. The molecule has 0 radical (unpaired) electrons. The highest BCUT2D eigenvalue weighted by Gasteiger charge is 2.49. The summed E-state index contributed by atoms with van der Waals surface area (Å²) in [7, 11) is 1.65. The van der Waals surface area contributed by atoms with Gasteiger partial charge in [0.1, 0.15) is 17.6 Å². The number of nitriles is 1. The van der Waals surface area contributed by atoms with E-state index < -0.39 is 0 Å². The van der Waals surface area contributed by atoms with Crippen LogP contribution in [-0.2, 0) is 6.54 Å². The number of ether oxygens (including phenoxy) is 2. The van der Waals surface area contributed by atoms with Gasteiger partial charge < -0.3 is 18.9 Å². The number of anilines is 1. The second kappa shape index (κ2) is 11.6. The lowest BCUT2D eigenvalue weighted by Crippen LogP contribution is -2.68. The number of aromatic nitrogens is 4. The molecule has 1 saturated carbocycles. The molecule has 5 fully saturated rings. The van der Waals surface area contributed by atoms with Gasteiger partial charge in [-0.2, -0.15) is 10.4 Å². The summed E-state index contributed by atoms with van der Waals surface area (Å²) in [6.45, 7) is 12.5. The van der Waals surface area contributed by atoms with Gasteiger partial charge in [-0.3, -0.25) is 4.90 Å². The summed E-state index contributed by atoms with van der Waals surface area (Å²) >= 11 is 0. The summed E-state index contributed by atoms with van der Waals surface area (Å²) in [5.41, 5.74) is 4.45. The molecule has 46 heavy (non-hydrogen) atoms. The van der Waals surface area contributed by atoms with Gasteiger partial charge in [0.05, 0.1) is 62.9 Å². The number of methoxy groups -OCH3 is 1. The molecule has 0 aromatic carbocycles. The molecule has 4 aromatic heterocycles. The summed E-state index contributed by atoms with van der Waals surface area (Å²) in [5.74, 6) is 3.93. The summed E-state index contributed by atoms with van der Waals surface area (Å²) in [6.07, 6.45) is 11.1. The van der Waals surface area contributed by atoms with Gasteiger partial charge in [0.25, 0.3) is 0 Å². The van der Waals surface area contributed by atoms with E-state index in [-0.39, 0.29) is 6.10 Å². The standard InChI is InChI=1S/C36H43N8O2/c1-4-44(5-2)22-26-10-31(11-27(26)23-44)46-32-13-33(36-28(14-37)17-40-43(36)21-32)25-7-8-34(38-16-25)41-19-29-12-30(20-41)42(29)18-24-6-9-35(45-3)39-15-24/h6-9,13,15-17,21,26-27,29-31H,4-5,10-12,18-20,22-23H2,1-3H3/q+1. The SMILES string of the molecule is CC[N+]1(CC)CC2CC(Oc3cc(-c4ccc(N5CC6CC(C5)N6Cc5ccc(OC)nc5)nc4)c4c(C#N)cnn4c3)CC2C1. The van der Waals surface area contributed by atoms with Crippen molar-refractivity contribution in [2.24, 2.45) is 11.8 Å². The quantitative estimate of drug-likeness (QED) is 0.247. The highest BCUT2D eigenvalue weighted by Crippen LogP contribution is 2.43. The van der Waals surface area contributed by atoms with Gasteiger partial charge in [0.15, 0.2) is 0 Å². The Hall–Kier alpha value is -4.20. The highest BCUT2D eigenvalue weighted by atomic mass is 16.5. The minimum atomic E-state index is 0.216. The fourth-order valence-electron chi connectivity index (χ4n) is 8.87. The van der Waals surface area contributed by atoms with Gasteiger partial charge in [-0.15, -0.1) is 0 Å². The molecular formula is C36H43N8O2+.